The molecule has 29 heavy (non-hydrogen) atoms. The fraction of sp³-hybridized carbons (Fsp3) is 0.200. The Morgan fingerprint density at radius 1 is 1.24 bits per heavy atom. The first-order chi connectivity index (χ1) is 13.9. The predicted molar refractivity (Wildman–Crippen MR) is 108 cm³/mol. The number of methoxy groups -OCH3 is 1. The van der Waals surface area contributed by atoms with E-state index in [9.17, 15) is 8.60 Å². The standard InChI is InChI=1S/C20H20FN3O4S/c1-26-7-8-27-18-10-16(22)14(9-15(18)21)20(23)19-11-17(24-28-19)12-3-5-13(6-4-12)29(2)25/h3-6,9-11,23H,7-8,22H2,1-2H3. The van der Waals surface area contributed by atoms with Crippen LogP contribution in [-0.2, 0) is 15.5 Å². The topological polar surface area (TPSA) is 111 Å². The molecule has 152 valence electrons. The van der Waals surface area contributed by atoms with Gasteiger partial charge in [-0.3, -0.25) is 9.62 Å². The Kier molecular flexibility index (Phi) is 6.40. The molecule has 0 saturated heterocycles. The van der Waals surface area contributed by atoms with E-state index < -0.39 is 16.6 Å². The van der Waals surface area contributed by atoms with Gasteiger partial charge >= 0.3 is 0 Å². The third kappa shape index (κ3) is 4.69. The zero-order valence-electron chi connectivity index (χ0n) is 15.9. The van der Waals surface area contributed by atoms with Crippen molar-refractivity contribution >= 4 is 22.2 Å². The van der Waals surface area contributed by atoms with Gasteiger partial charge in [-0.2, -0.15) is 0 Å². The van der Waals surface area contributed by atoms with E-state index in [1.807, 2.05) is 0 Å². The van der Waals surface area contributed by atoms with E-state index in [-0.39, 0.29) is 35.1 Å². The van der Waals surface area contributed by atoms with Crippen LogP contribution >= 0.6 is 0 Å². The van der Waals surface area contributed by atoms with Gasteiger partial charge in [-0.05, 0) is 18.2 Å². The Bertz CT molecular complexity index is 1050. The third-order valence-electron chi connectivity index (χ3n) is 4.16. The molecule has 1 unspecified atom stereocenters. The molecule has 0 aliphatic heterocycles. The second-order valence-corrected chi connectivity index (χ2v) is 7.52. The molecule has 0 saturated carbocycles. The lowest BCUT2D eigenvalue weighted by molar-refractivity contribution is 0.144. The molecule has 2 aromatic carbocycles. The highest BCUT2D eigenvalue weighted by Crippen LogP contribution is 2.28. The van der Waals surface area contributed by atoms with Gasteiger partial charge in [0.05, 0.1) is 6.61 Å². The van der Waals surface area contributed by atoms with E-state index in [0.717, 1.165) is 11.6 Å². The molecule has 0 fully saturated rings. The van der Waals surface area contributed by atoms with Crippen molar-refractivity contribution in [1.29, 1.82) is 5.41 Å². The Balaban J connectivity index is 1.82. The monoisotopic (exact) mass is 417 g/mol. The zero-order chi connectivity index (χ0) is 21.0. The maximum atomic E-state index is 14.3. The van der Waals surface area contributed by atoms with Gasteiger partial charge in [0.1, 0.15) is 18.0 Å². The van der Waals surface area contributed by atoms with Gasteiger partial charge in [-0.1, -0.05) is 17.3 Å². The largest absolute Gasteiger partial charge is 0.488 e. The lowest BCUT2D eigenvalue weighted by atomic mass is 10.0. The van der Waals surface area contributed by atoms with Crippen LogP contribution in [0.25, 0.3) is 11.3 Å². The molecule has 3 N–H and O–H groups in total. The second-order valence-electron chi connectivity index (χ2n) is 6.14. The number of ether oxygens (including phenoxy) is 2. The van der Waals surface area contributed by atoms with Crippen molar-refractivity contribution in [3.05, 3.63) is 59.6 Å². The van der Waals surface area contributed by atoms with Gasteiger partial charge in [0.25, 0.3) is 0 Å². The summed E-state index contributed by atoms with van der Waals surface area (Å²) in [5.74, 6) is -0.511. The maximum absolute atomic E-state index is 14.3. The second kappa shape index (κ2) is 8.97. The fourth-order valence-electron chi connectivity index (χ4n) is 2.61. The average Bonchev–Trinajstić information content (AvgIpc) is 3.20. The number of nitrogens with one attached hydrogen (secondary N) is 1. The molecular weight excluding hydrogens is 397 g/mol. The Morgan fingerprint density at radius 3 is 2.62 bits per heavy atom. The number of nitrogens with zero attached hydrogens (tertiary/aromatic N) is 1. The van der Waals surface area contributed by atoms with Crippen LogP contribution in [0.4, 0.5) is 10.1 Å². The molecule has 1 aromatic heterocycles. The van der Waals surface area contributed by atoms with Crippen LogP contribution in [0.5, 0.6) is 5.75 Å². The number of hydrogen-bond acceptors (Lipinski definition) is 7. The van der Waals surface area contributed by atoms with Crippen molar-refractivity contribution in [1.82, 2.24) is 5.16 Å². The number of nitrogens with two attached hydrogens (primary N) is 1. The van der Waals surface area contributed by atoms with Crippen molar-refractivity contribution in [3.8, 4) is 17.0 Å². The lowest BCUT2D eigenvalue weighted by Crippen LogP contribution is -2.09. The molecule has 3 rings (SSSR count). The quantitative estimate of drug-likeness (QED) is 0.331. The summed E-state index contributed by atoms with van der Waals surface area (Å²) in [6.07, 6.45) is 1.60. The molecule has 3 aromatic rings. The molecule has 0 bridgehead atoms. The Labute approximate surface area is 169 Å². The smallest absolute Gasteiger partial charge is 0.185 e. The van der Waals surface area contributed by atoms with Crippen LogP contribution in [0, 0.1) is 11.2 Å². The van der Waals surface area contributed by atoms with Crippen molar-refractivity contribution in [3.63, 3.8) is 0 Å². The first-order valence-electron chi connectivity index (χ1n) is 8.61. The summed E-state index contributed by atoms with van der Waals surface area (Å²) < 4.78 is 41.2. The van der Waals surface area contributed by atoms with E-state index in [1.54, 1.807) is 36.6 Å². The van der Waals surface area contributed by atoms with Gasteiger partial charge in [0.15, 0.2) is 17.3 Å². The van der Waals surface area contributed by atoms with Crippen molar-refractivity contribution < 1.29 is 22.6 Å². The van der Waals surface area contributed by atoms with Crippen LogP contribution in [0.1, 0.15) is 11.3 Å². The first-order valence-corrected chi connectivity index (χ1v) is 10.2. The van der Waals surface area contributed by atoms with Gasteiger partial charge in [-0.25, -0.2) is 4.39 Å². The molecule has 0 spiro atoms. The molecule has 0 aliphatic rings. The van der Waals surface area contributed by atoms with Crippen molar-refractivity contribution in [2.24, 2.45) is 0 Å². The Hall–Kier alpha value is -3.04. The van der Waals surface area contributed by atoms with E-state index in [0.29, 0.717) is 17.2 Å². The number of benzene rings is 2. The Morgan fingerprint density at radius 2 is 1.97 bits per heavy atom. The molecule has 0 amide bonds. The number of hydrogen-bond donors (Lipinski definition) is 2. The van der Waals surface area contributed by atoms with Crippen LogP contribution in [0.3, 0.4) is 0 Å². The summed E-state index contributed by atoms with van der Waals surface area (Å²) in [4.78, 5) is 0.696. The van der Waals surface area contributed by atoms with E-state index >= 15 is 0 Å². The lowest BCUT2D eigenvalue weighted by Gasteiger charge is -2.11. The van der Waals surface area contributed by atoms with Crippen LogP contribution in [-0.4, -0.2) is 41.7 Å². The van der Waals surface area contributed by atoms with Gasteiger partial charge < -0.3 is 19.7 Å². The minimum absolute atomic E-state index is 0.0113. The summed E-state index contributed by atoms with van der Waals surface area (Å²) in [6, 6.07) is 11.0. The first kappa shape index (κ1) is 20.7. The SMILES string of the molecule is COCCOc1cc(N)c(C(=N)c2cc(-c3ccc(S(C)=O)cc3)no2)cc1F. The highest BCUT2D eigenvalue weighted by molar-refractivity contribution is 7.84. The molecule has 0 aliphatic carbocycles. The summed E-state index contributed by atoms with van der Waals surface area (Å²) in [5.41, 5.74) is 7.46. The predicted octanol–water partition coefficient (Wildman–Crippen LogP) is 3.24. The molecule has 9 heteroatoms. The highest BCUT2D eigenvalue weighted by atomic mass is 32.2. The summed E-state index contributed by atoms with van der Waals surface area (Å²) in [6.45, 7) is 0.492. The number of aromatic nitrogens is 1. The summed E-state index contributed by atoms with van der Waals surface area (Å²) in [5, 5.41) is 12.3. The number of anilines is 1. The van der Waals surface area contributed by atoms with Crippen LogP contribution < -0.4 is 10.5 Å². The maximum Gasteiger partial charge on any atom is 0.185 e. The van der Waals surface area contributed by atoms with Gasteiger partial charge in [-0.15, -0.1) is 0 Å². The van der Waals surface area contributed by atoms with Crippen LogP contribution in [0.15, 0.2) is 51.9 Å². The van der Waals surface area contributed by atoms with Crippen molar-refractivity contribution in [2.75, 3.05) is 32.3 Å². The summed E-state index contributed by atoms with van der Waals surface area (Å²) in [7, 11) is 0.442. The zero-order valence-corrected chi connectivity index (χ0v) is 16.7. The number of rotatable bonds is 8. The minimum atomic E-state index is -1.08. The van der Waals surface area contributed by atoms with Crippen LogP contribution in [0.2, 0.25) is 0 Å². The van der Waals surface area contributed by atoms with Gasteiger partial charge in [0, 0.05) is 58.0 Å². The fourth-order valence-corrected chi connectivity index (χ4v) is 3.13. The molecular formula is C20H20FN3O4S. The third-order valence-corrected chi connectivity index (χ3v) is 5.09. The average molecular weight is 417 g/mol. The van der Waals surface area contributed by atoms with Gasteiger partial charge in [0.2, 0.25) is 0 Å². The number of nitrogen functional groups attached to an aromatic ring is 1. The summed E-state index contributed by atoms with van der Waals surface area (Å²) >= 11 is 0. The molecule has 0 radical (unpaired) electrons. The van der Waals surface area contributed by atoms with Crippen molar-refractivity contribution in [2.45, 2.75) is 4.90 Å². The number of halogens is 1. The molecule has 7 nitrogen and oxygen atoms in total. The normalized spacial score (nSPS) is 12.0. The van der Waals surface area contributed by atoms with E-state index in [4.69, 9.17) is 25.1 Å². The minimum Gasteiger partial charge on any atom is -0.488 e. The molecule has 1 atom stereocenters. The van der Waals surface area contributed by atoms with E-state index in [1.165, 1.54) is 13.2 Å². The van der Waals surface area contributed by atoms with E-state index in [2.05, 4.69) is 5.16 Å². The highest BCUT2D eigenvalue weighted by Gasteiger charge is 2.18. The molecule has 1 heterocycles.